The van der Waals surface area contributed by atoms with Gasteiger partial charge in [-0.1, -0.05) is 61.5 Å². The van der Waals surface area contributed by atoms with Gasteiger partial charge >= 0.3 is 5.97 Å². The maximum absolute atomic E-state index is 13.5. The first-order valence-corrected chi connectivity index (χ1v) is 12.5. The molecule has 4 rings (SSSR count). The second-order valence-electron chi connectivity index (χ2n) is 9.28. The number of hydrogen-bond acceptors (Lipinski definition) is 4. The quantitative estimate of drug-likeness (QED) is 0.361. The molecule has 1 aliphatic heterocycles. The number of benzene rings is 3. The SMILES string of the molecule is CCC(CCCN1CCN(c2ccc(-c3cccc(F)c3)cc2)CC1)(C(=O)OC)c1ccccc1. The van der Waals surface area contributed by atoms with E-state index in [2.05, 4.69) is 41.0 Å². The van der Waals surface area contributed by atoms with Crippen LogP contribution in [0.1, 0.15) is 31.7 Å². The third-order valence-corrected chi connectivity index (χ3v) is 7.35. The molecule has 0 amide bonds. The van der Waals surface area contributed by atoms with Crippen LogP contribution >= 0.6 is 0 Å². The minimum Gasteiger partial charge on any atom is -0.468 e. The summed E-state index contributed by atoms with van der Waals surface area (Å²) in [6.07, 6.45) is 2.45. The summed E-state index contributed by atoms with van der Waals surface area (Å²) in [6.45, 7) is 6.96. The van der Waals surface area contributed by atoms with E-state index in [1.165, 1.54) is 18.9 Å². The van der Waals surface area contributed by atoms with Crippen LogP contribution in [0, 0.1) is 5.82 Å². The molecule has 0 aromatic heterocycles. The zero-order valence-corrected chi connectivity index (χ0v) is 20.8. The summed E-state index contributed by atoms with van der Waals surface area (Å²) in [6, 6.07) is 25.1. The molecular weight excluding hydrogens is 439 g/mol. The molecule has 1 unspecified atom stereocenters. The Morgan fingerprint density at radius 3 is 2.26 bits per heavy atom. The fourth-order valence-electron chi connectivity index (χ4n) is 5.21. The van der Waals surface area contributed by atoms with Crippen LogP contribution in [0.15, 0.2) is 78.9 Å². The van der Waals surface area contributed by atoms with Crippen LogP contribution in [0.25, 0.3) is 11.1 Å². The van der Waals surface area contributed by atoms with Crippen molar-refractivity contribution in [2.24, 2.45) is 0 Å². The zero-order valence-electron chi connectivity index (χ0n) is 20.8. The fourth-order valence-corrected chi connectivity index (χ4v) is 5.21. The van der Waals surface area contributed by atoms with E-state index < -0.39 is 5.41 Å². The van der Waals surface area contributed by atoms with Crippen molar-refractivity contribution in [3.8, 4) is 11.1 Å². The summed E-state index contributed by atoms with van der Waals surface area (Å²) in [5.74, 6) is -0.355. The lowest BCUT2D eigenvalue weighted by molar-refractivity contribution is -0.148. The lowest BCUT2D eigenvalue weighted by atomic mass is 9.74. The molecule has 3 aromatic rings. The molecule has 1 heterocycles. The minimum atomic E-state index is -0.582. The second kappa shape index (κ2) is 11.5. The molecule has 35 heavy (non-hydrogen) atoms. The van der Waals surface area contributed by atoms with Gasteiger partial charge in [0.25, 0.3) is 0 Å². The molecule has 0 bridgehead atoms. The highest BCUT2D eigenvalue weighted by Gasteiger charge is 2.39. The van der Waals surface area contributed by atoms with Crippen molar-refractivity contribution in [3.05, 3.63) is 90.2 Å². The van der Waals surface area contributed by atoms with E-state index in [0.717, 1.165) is 68.7 Å². The maximum Gasteiger partial charge on any atom is 0.316 e. The lowest BCUT2D eigenvalue weighted by Gasteiger charge is -2.37. The van der Waals surface area contributed by atoms with Gasteiger partial charge in [-0.3, -0.25) is 9.69 Å². The molecule has 3 aromatic carbocycles. The van der Waals surface area contributed by atoms with E-state index in [1.807, 2.05) is 36.4 Å². The first-order valence-electron chi connectivity index (χ1n) is 12.5. The predicted molar refractivity (Wildman–Crippen MR) is 140 cm³/mol. The smallest absolute Gasteiger partial charge is 0.316 e. The average molecular weight is 475 g/mol. The fraction of sp³-hybridized carbons (Fsp3) is 0.367. The van der Waals surface area contributed by atoms with Gasteiger partial charge in [-0.2, -0.15) is 0 Å². The molecule has 0 radical (unpaired) electrons. The lowest BCUT2D eigenvalue weighted by Crippen LogP contribution is -2.47. The Hall–Kier alpha value is -3.18. The predicted octanol–water partition coefficient (Wildman–Crippen LogP) is 5.92. The third kappa shape index (κ3) is 5.73. The third-order valence-electron chi connectivity index (χ3n) is 7.35. The van der Waals surface area contributed by atoms with E-state index in [4.69, 9.17) is 4.74 Å². The molecule has 5 heteroatoms. The van der Waals surface area contributed by atoms with Gasteiger partial charge in [0.2, 0.25) is 0 Å². The van der Waals surface area contributed by atoms with Crippen LogP contribution in [0.3, 0.4) is 0 Å². The van der Waals surface area contributed by atoms with Crippen LogP contribution in [-0.2, 0) is 14.9 Å². The Bertz CT molecular complexity index is 1090. The molecule has 0 N–H and O–H groups in total. The molecule has 4 nitrogen and oxygen atoms in total. The standard InChI is InChI=1S/C30H35FN2O2/c1-3-30(29(34)35-2,26-10-5-4-6-11-26)17-8-18-32-19-21-33(22-20-32)28-15-13-24(14-16-28)25-9-7-12-27(31)23-25/h4-7,9-16,23H,3,8,17-22H2,1-2H3. The molecule has 0 spiro atoms. The first-order chi connectivity index (χ1) is 17.1. The number of nitrogens with zero attached hydrogens (tertiary/aromatic N) is 2. The van der Waals surface area contributed by atoms with Crippen molar-refractivity contribution in [2.45, 2.75) is 31.6 Å². The highest BCUT2D eigenvalue weighted by atomic mass is 19.1. The number of esters is 1. The first kappa shape index (κ1) is 24.9. The van der Waals surface area contributed by atoms with Crippen molar-refractivity contribution in [2.75, 3.05) is 44.7 Å². The van der Waals surface area contributed by atoms with Crippen LogP contribution in [0.4, 0.5) is 10.1 Å². The van der Waals surface area contributed by atoms with Gasteiger partial charge in [0.05, 0.1) is 12.5 Å². The topological polar surface area (TPSA) is 32.8 Å². The molecule has 1 atom stereocenters. The van der Waals surface area contributed by atoms with Crippen molar-refractivity contribution >= 4 is 11.7 Å². The number of hydrogen-bond donors (Lipinski definition) is 0. The van der Waals surface area contributed by atoms with Crippen molar-refractivity contribution in [1.29, 1.82) is 0 Å². The van der Waals surface area contributed by atoms with Gasteiger partial charge in [-0.25, -0.2) is 4.39 Å². The number of carbonyl (C=O) groups is 1. The number of anilines is 1. The molecule has 0 saturated carbocycles. The molecule has 1 aliphatic rings. The Kier molecular flexibility index (Phi) is 8.19. The molecule has 0 aliphatic carbocycles. The summed E-state index contributed by atoms with van der Waals surface area (Å²) in [5.41, 5.74) is 3.58. The highest BCUT2D eigenvalue weighted by molar-refractivity contribution is 5.83. The Labute approximate surface area is 208 Å². The zero-order chi connectivity index (χ0) is 24.7. The normalized spacial score (nSPS) is 16.0. The monoisotopic (exact) mass is 474 g/mol. The summed E-state index contributed by atoms with van der Waals surface area (Å²) < 4.78 is 18.8. The van der Waals surface area contributed by atoms with Gasteiger partial charge in [-0.15, -0.1) is 0 Å². The van der Waals surface area contributed by atoms with Crippen LogP contribution in [0.2, 0.25) is 0 Å². The Morgan fingerprint density at radius 2 is 1.63 bits per heavy atom. The number of piperazine rings is 1. The Morgan fingerprint density at radius 1 is 0.914 bits per heavy atom. The molecule has 184 valence electrons. The number of halogens is 1. The van der Waals surface area contributed by atoms with Crippen LogP contribution < -0.4 is 4.90 Å². The van der Waals surface area contributed by atoms with Gasteiger partial charge < -0.3 is 9.64 Å². The summed E-state index contributed by atoms with van der Waals surface area (Å²) in [7, 11) is 1.49. The van der Waals surface area contributed by atoms with Crippen molar-refractivity contribution in [1.82, 2.24) is 4.90 Å². The minimum absolute atomic E-state index is 0.141. The average Bonchev–Trinajstić information content (AvgIpc) is 2.92. The van der Waals surface area contributed by atoms with Gasteiger partial charge in [0.1, 0.15) is 5.82 Å². The van der Waals surface area contributed by atoms with Crippen molar-refractivity contribution in [3.63, 3.8) is 0 Å². The van der Waals surface area contributed by atoms with E-state index in [1.54, 1.807) is 12.1 Å². The summed E-state index contributed by atoms with van der Waals surface area (Å²) in [5, 5.41) is 0. The summed E-state index contributed by atoms with van der Waals surface area (Å²) in [4.78, 5) is 17.7. The number of rotatable bonds is 9. The number of ether oxygens (including phenoxy) is 1. The van der Waals surface area contributed by atoms with E-state index >= 15 is 0 Å². The summed E-state index contributed by atoms with van der Waals surface area (Å²) >= 11 is 0. The molecule has 1 fully saturated rings. The highest BCUT2D eigenvalue weighted by Crippen LogP contribution is 2.34. The number of carbonyl (C=O) groups excluding carboxylic acids is 1. The van der Waals surface area contributed by atoms with Crippen molar-refractivity contribution < 1.29 is 13.9 Å². The van der Waals surface area contributed by atoms with E-state index in [9.17, 15) is 9.18 Å². The Balaban J connectivity index is 1.31. The largest absolute Gasteiger partial charge is 0.468 e. The van der Waals surface area contributed by atoms with Gasteiger partial charge in [-0.05, 0) is 66.8 Å². The maximum atomic E-state index is 13.5. The van der Waals surface area contributed by atoms with E-state index in [0.29, 0.717) is 0 Å². The van der Waals surface area contributed by atoms with Gasteiger partial charge in [0, 0.05) is 31.9 Å². The molecular formula is C30H35FN2O2. The second-order valence-corrected chi connectivity index (χ2v) is 9.28. The van der Waals surface area contributed by atoms with Crippen LogP contribution in [0.5, 0.6) is 0 Å². The molecule has 1 saturated heterocycles. The van der Waals surface area contributed by atoms with Crippen LogP contribution in [-0.4, -0.2) is 50.7 Å². The van der Waals surface area contributed by atoms with E-state index in [-0.39, 0.29) is 11.8 Å². The number of methoxy groups -OCH3 is 1. The van der Waals surface area contributed by atoms with Gasteiger partial charge in [0.15, 0.2) is 0 Å².